The molecule has 0 aliphatic heterocycles. The first kappa shape index (κ1) is 17.1. The summed E-state index contributed by atoms with van der Waals surface area (Å²) in [5, 5.41) is 10.5. The molecule has 0 unspecified atom stereocenters. The zero-order chi connectivity index (χ0) is 18.0. The zero-order valence-electron chi connectivity index (χ0n) is 13.2. The molecule has 3 rings (SSSR count). The lowest BCUT2D eigenvalue weighted by Gasteiger charge is -2.25. The topological polar surface area (TPSA) is 136 Å². The van der Waals surface area contributed by atoms with E-state index in [-0.39, 0.29) is 27.9 Å². The third-order valence-corrected chi connectivity index (χ3v) is 4.52. The van der Waals surface area contributed by atoms with Crippen molar-refractivity contribution in [2.24, 2.45) is 4.99 Å². The van der Waals surface area contributed by atoms with Gasteiger partial charge in [0.05, 0.1) is 0 Å². The van der Waals surface area contributed by atoms with Gasteiger partial charge in [-0.3, -0.25) is 24.1 Å². The molecule has 1 aliphatic rings. The molecule has 1 saturated carbocycles. The highest BCUT2D eigenvalue weighted by Crippen LogP contribution is 2.31. The van der Waals surface area contributed by atoms with Gasteiger partial charge in [0.2, 0.25) is 5.88 Å². The van der Waals surface area contributed by atoms with Gasteiger partial charge in [-0.05, 0) is 25.1 Å². The highest BCUT2D eigenvalue weighted by atomic mass is 32.1. The molecule has 10 heteroatoms. The third-order valence-electron chi connectivity index (χ3n) is 4.23. The van der Waals surface area contributed by atoms with Crippen LogP contribution in [0.2, 0.25) is 0 Å². The molecule has 2 aromatic heterocycles. The van der Waals surface area contributed by atoms with E-state index < -0.39 is 16.8 Å². The maximum absolute atomic E-state index is 12.1. The van der Waals surface area contributed by atoms with Crippen LogP contribution in [0.5, 0.6) is 5.88 Å². The molecule has 0 bridgehead atoms. The van der Waals surface area contributed by atoms with Crippen molar-refractivity contribution in [3.63, 3.8) is 0 Å². The van der Waals surface area contributed by atoms with E-state index in [1.54, 1.807) is 0 Å². The molecule has 1 aliphatic carbocycles. The lowest BCUT2D eigenvalue weighted by Crippen LogP contribution is -2.23. The SMILES string of the molecule is O=c1[nH]cc(N=Cc2c(O)n(C3CCCCC3)c(=S)[nH]c2=O)c(=O)[nH]1. The summed E-state index contributed by atoms with van der Waals surface area (Å²) < 4.78 is 1.70. The Bertz CT molecular complexity index is 1040. The lowest BCUT2D eigenvalue weighted by molar-refractivity contribution is 0.303. The average molecular weight is 363 g/mol. The van der Waals surface area contributed by atoms with Crippen molar-refractivity contribution < 1.29 is 5.11 Å². The normalized spacial score (nSPS) is 15.7. The van der Waals surface area contributed by atoms with Gasteiger partial charge in [-0.15, -0.1) is 0 Å². The average Bonchev–Trinajstić information content (AvgIpc) is 2.57. The predicted molar refractivity (Wildman–Crippen MR) is 94.6 cm³/mol. The van der Waals surface area contributed by atoms with Gasteiger partial charge in [0.15, 0.2) is 4.77 Å². The molecule has 25 heavy (non-hydrogen) atoms. The predicted octanol–water partition coefficient (Wildman–Crippen LogP) is 1.24. The monoisotopic (exact) mass is 363 g/mol. The first-order valence-corrected chi connectivity index (χ1v) is 8.32. The smallest absolute Gasteiger partial charge is 0.325 e. The van der Waals surface area contributed by atoms with Gasteiger partial charge in [-0.1, -0.05) is 19.3 Å². The van der Waals surface area contributed by atoms with E-state index in [1.807, 2.05) is 4.98 Å². The summed E-state index contributed by atoms with van der Waals surface area (Å²) >= 11 is 5.19. The van der Waals surface area contributed by atoms with E-state index in [1.165, 1.54) is 4.57 Å². The molecular formula is C15H17N5O4S. The van der Waals surface area contributed by atoms with Gasteiger partial charge in [0.25, 0.3) is 11.1 Å². The van der Waals surface area contributed by atoms with Crippen LogP contribution >= 0.6 is 12.2 Å². The molecule has 0 spiro atoms. The van der Waals surface area contributed by atoms with Gasteiger partial charge >= 0.3 is 5.69 Å². The van der Waals surface area contributed by atoms with E-state index in [0.29, 0.717) is 0 Å². The van der Waals surface area contributed by atoms with E-state index in [2.05, 4.69) is 15.0 Å². The number of aromatic nitrogens is 4. The number of rotatable bonds is 3. The largest absolute Gasteiger partial charge is 0.494 e. The fourth-order valence-corrected chi connectivity index (χ4v) is 3.31. The Labute approximate surface area is 146 Å². The standard InChI is InChI=1S/C15H17N5O4S/c21-11-9(6-16-10-7-17-14(24)18-12(10)22)13(23)20(15(25)19-11)8-4-2-1-3-5-8/h6-8,23H,1-5H2,(H,19,21,25)(H2,17,18,22,24). The number of nitrogens with zero attached hydrogens (tertiary/aromatic N) is 2. The first-order valence-electron chi connectivity index (χ1n) is 7.91. The van der Waals surface area contributed by atoms with Crippen LogP contribution in [0.25, 0.3) is 0 Å². The van der Waals surface area contributed by atoms with Crippen LogP contribution in [-0.2, 0) is 0 Å². The molecular weight excluding hydrogens is 346 g/mol. The molecule has 132 valence electrons. The van der Waals surface area contributed by atoms with Crippen molar-refractivity contribution in [1.82, 2.24) is 19.5 Å². The van der Waals surface area contributed by atoms with Crippen molar-refractivity contribution in [2.75, 3.05) is 0 Å². The van der Waals surface area contributed by atoms with Crippen LogP contribution in [0, 0.1) is 4.77 Å². The van der Waals surface area contributed by atoms with Crippen LogP contribution < -0.4 is 16.8 Å². The molecule has 0 radical (unpaired) electrons. The fraction of sp³-hybridized carbons (Fsp3) is 0.400. The maximum atomic E-state index is 12.1. The van der Waals surface area contributed by atoms with E-state index in [0.717, 1.165) is 44.5 Å². The minimum atomic E-state index is -0.698. The summed E-state index contributed by atoms with van der Waals surface area (Å²) in [4.78, 5) is 45.5. The molecule has 4 N–H and O–H groups in total. The molecule has 0 saturated heterocycles. The van der Waals surface area contributed by atoms with Gasteiger partial charge in [0, 0.05) is 18.5 Å². The summed E-state index contributed by atoms with van der Waals surface area (Å²) in [6, 6.07) is 0.0155. The second-order valence-corrected chi connectivity index (χ2v) is 6.26. The fourth-order valence-electron chi connectivity index (χ4n) is 2.98. The van der Waals surface area contributed by atoms with E-state index in [9.17, 15) is 19.5 Å². The number of aliphatic imine (C=N–C) groups is 1. The van der Waals surface area contributed by atoms with Gasteiger partial charge in [-0.2, -0.15) is 0 Å². The molecule has 2 heterocycles. The van der Waals surface area contributed by atoms with Crippen LogP contribution in [0.4, 0.5) is 5.69 Å². The van der Waals surface area contributed by atoms with Crippen LogP contribution in [0.15, 0.2) is 25.6 Å². The van der Waals surface area contributed by atoms with E-state index in [4.69, 9.17) is 12.2 Å². The number of H-pyrrole nitrogens is 3. The van der Waals surface area contributed by atoms with Crippen LogP contribution in [0.3, 0.4) is 0 Å². The zero-order valence-corrected chi connectivity index (χ0v) is 14.1. The van der Waals surface area contributed by atoms with Crippen molar-refractivity contribution in [3.05, 3.63) is 47.7 Å². The minimum Gasteiger partial charge on any atom is -0.494 e. The second-order valence-electron chi connectivity index (χ2n) is 5.87. The molecule has 2 aromatic rings. The Balaban J connectivity index is 2.05. The van der Waals surface area contributed by atoms with Crippen molar-refractivity contribution >= 4 is 24.1 Å². The summed E-state index contributed by atoms with van der Waals surface area (Å²) in [5.74, 6) is -0.273. The highest BCUT2D eigenvalue weighted by molar-refractivity contribution is 7.71. The van der Waals surface area contributed by atoms with E-state index >= 15 is 0 Å². The Morgan fingerprint density at radius 1 is 1.16 bits per heavy atom. The summed E-state index contributed by atoms with van der Waals surface area (Å²) in [6.07, 6.45) is 7.14. The summed E-state index contributed by atoms with van der Waals surface area (Å²) in [5.41, 5.74) is -2.14. The lowest BCUT2D eigenvalue weighted by atomic mass is 9.95. The van der Waals surface area contributed by atoms with Crippen molar-refractivity contribution in [1.29, 1.82) is 0 Å². The Kier molecular flexibility index (Phi) is 4.79. The Morgan fingerprint density at radius 3 is 2.56 bits per heavy atom. The van der Waals surface area contributed by atoms with Crippen molar-refractivity contribution in [3.8, 4) is 5.88 Å². The number of aromatic amines is 3. The quantitative estimate of drug-likeness (QED) is 0.480. The van der Waals surface area contributed by atoms with Crippen LogP contribution in [-0.4, -0.2) is 30.8 Å². The molecule has 0 amide bonds. The van der Waals surface area contributed by atoms with Gasteiger partial charge in [0.1, 0.15) is 11.3 Å². The maximum Gasteiger partial charge on any atom is 0.325 e. The molecule has 1 fully saturated rings. The van der Waals surface area contributed by atoms with Gasteiger partial charge < -0.3 is 10.1 Å². The third kappa shape index (κ3) is 3.53. The molecule has 0 atom stereocenters. The van der Waals surface area contributed by atoms with Crippen LogP contribution in [0.1, 0.15) is 43.7 Å². The minimum absolute atomic E-state index is 0.0155. The summed E-state index contributed by atoms with van der Waals surface area (Å²) in [7, 11) is 0. The molecule has 0 aromatic carbocycles. The molecule has 9 nitrogen and oxygen atoms in total. The Morgan fingerprint density at radius 2 is 1.88 bits per heavy atom. The first-order chi connectivity index (χ1) is 12.0. The number of hydrogen-bond donors (Lipinski definition) is 4. The summed E-state index contributed by atoms with van der Waals surface area (Å²) in [6.45, 7) is 0. The van der Waals surface area contributed by atoms with Gasteiger partial charge in [-0.25, -0.2) is 9.79 Å². The number of aromatic hydroxyl groups is 1. The second kappa shape index (κ2) is 7.01. The Hall–Kier alpha value is -2.75. The van der Waals surface area contributed by atoms with Crippen molar-refractivity contribution in [2.45, 2.75) is 38.1 Å². The number of hydrogen-bond acceptors (Lipinski definition) is 6. The number of nitrogens with one attached hydrogen (secondary N) is 3. The highest BCUT2D eigenvalue weighted by Gasteiger charge is 2.21.